The van der Waals surface area contributed by atoms with Gasteiger partial charge in [-0.3, -0.25) is 9.52 Å². The molecule has 2 atom stereocenters. The Bertz CT molecular complexity index is 983. The van der Waals surface area contributed by atoms with Crippen LogP contribution in [0.25, 0.3) is 0 Å². The summed E-state index contributed by atoms with van der Waals surface area (Å²) in [5.74, 6) is -0.216. The van der Waals surface area contributed by atoms with Gasteiger partial charge in [0.2, 0.25) is 0 Å². The molecule has 1 aliphatic heterocycles. The molecule has 150 valence electrons. The van der Waals surface area contributed by atoms with Crippen LogP contribution in [0, 0.1) is 6.92 Å². The second-order valence-corrected chi connectivity index (χ2v) is 9.59. The highest BCUT2D eigenvalue weighted by Gasteiger charge is 2.28. The zero-order valence-electron chi connectivity index (χ0n) is 16.0. The van der Waals surface area contributed by atoms with Crippen molar-refractivity contribution >= 4 is 37.5 Å². The van der Waals surface area contributed by atoms with Crippen LogP contribution in [0.4, 0.5) is 5.69 Å². The molecule has 0 aliphatic carbocycles. The predicted octanol–water partition coefficient (Wildman–Crippen LogP) is 3.81. The number of nitrogens with one attached hydrogen (secondary N) is 1. The number of ether oxygens (including phenoxy) is 1. The smallest absolute Gasteiger partial charge is 0.262 e. The van der Waals surface area contributed by atoms with Gasteiger partial charge in [-0.2, -0.15) is 0 Å². The lowest BCUT2D eigenvalue weighted by Crippen LogP contribution is -2.48. The molecule has 0 bridgehead atoms. The molecule has 0 spiro atoms. The van der Waals surface area contributed by atoms with E-state index in [0.717, 1.165) is 0 Å². The first kappa shape index (κ1) is 20.8. The summed E-state index contributed by atoms with van der Waals surface area (Å²) in [6, 6.07) is 11.7. The molecular formula is C20H23BrN2O4S. The van der Waals surface area contributed by atoms with Gasteiger partial charge in [-0.1, -0.05) is 34.1 Å². The van der Waals surface area contributed by atoms with Crippen LogP contribution in [0.2, 0.25) is 0 Å². The lowest BCUT2D eigenvalue weighted by atomic mass is 10.1. The van der Waals surface area contributed by atoms with Gasteiger partial charge in [-0.05, 0) is 50.6 Å². The highest BCUT2D eigenvalue weighted by Crippen LogP contribution is 2.26. The molecule has 1 aliphatic rings. The maximum absolute atomic E-state index is 13.1. The Kier molecular flexibility index (Phi) is 6.12. The van der Waals surface area contributed by atoms with Crippen molar-refractivity contribution in [2.24, 2.45) is 0 Å². The van der Waals surface area contributed by atoms with Gasteiger partial charge in [0.1, 0.15) is 0 Å². The highest BCUT2D eigenvalue weighted by atomic mass is 79.9. The zero-order chi connectivity index (χ0) is 20.5. The second kappa shape index (κ2) is 8.23. The summed E-state index contributed by atoms with van der Waals surface area (Å²) in [7, 11) is -3.85. The van der Waals surface area contributed by atoms with Crippen molar-refractivity contribution in [1.82, 2.24) is 4.90 Å². The summed E-state index contributed by atoms with van der Waals surface area (Å²) in [5, 5.41) is 0. The SMILES string of the molecule is Cc1ccc(Br)cc1S(=O)(=O)Nc1ccccc1C(=O)N1C[C@H](C)O[C@@H](C)C1. The number of rotatable bonds is 4. The molecule has 1 heterocycles. The number of anilines is 1. The van der Waals surface area contributed by atoms with E-state index in [1.165, 1.54) is 0 Å². The molecule has 8 heteroatoms. The number of amides is 1. The fraction of sp³-hybridized carbons (Fsp3) is 0.350. The number of benzene rings is 2. The van der Waals surface area contributed by atoms with Gasteiger partial charge in [0, 0.05) is 17.6 Å². The molecule has 6 nitrogen and oxygen atoms in total. The van der Waals surface area contributed by atoms with Gasteiger partial charge < -0.3 is 9.64 Å². The molecule has 0 unspecified atom stereocenters. The summed E-state index contributed by atoms with van der Waals surface area (Å²) in [6.45, 7) is 6.50. The van der Waals surface area contributed by atoms with E-state index in [0.29, 0.717) is 28.7 Å². The highest BCUT2D eigenvalue weighted by molar-refractivity contribution is 9.10. The van der Waals surface area contributed by atoms with Crippen molar-refractivity contribution in [2.75, 3.05) is 17.8 Å². The molecule has 2 aromatic carbocycles. The number of aryl methyl sites for hydroxylation is 1. The van der Waals surface area contributed by atoms with Crippen LogP contribution in [0.1, 0.15) is 29.8 Å². The number of sulfonamides is 1. The van der Waals surface area contributed by atoms with Crippen molar-refractivity contribution < 1.29 is 17.9 Å². The number of carbonyl (C=O) groups excluding carboxylic acids is 1. The second-order valence-electron chi connectivity index (χ2n) is 7.03. The standard InChI is InChI=1S/C20H23BrN2O4S/c1-13-8-9-16(21)10-19(13)28(25,26)22-18-7-5-4-6-17(18)20(24)23-11-14(2)27-15(3)12-23/h4-10,14-15,22H,11-12H2,1-3H3/t14-,15-/m0/s1. The lowest BCUT2D eigenvalue weighted by Gasteiger charge is -2.35. The van der Waals surface area contributed by atoms with E-state index in [9.17, 15) is 13.2 Å². The van der Waals surface area contributed by atoms with E-state index in [1.54, 1.807) is 54.3 Å². The van der Waals surface area contributed by atoms with Gasteiger partial charge in [0.05, 0.1) is 28.4 Å². The Morgan fingerprint density at radius 1 is 1.14 bits per heavy atom. The first-order valence-corrected chi connectivity index (χ1v) is 11.3. The van der Waals surface area contributed by atoms with Crippen molar-refractivity contribution in [3.63, 3.8) is 0 Å². The topological polar surface area (TPSA) is 75.7 Å². The molecule has 1 saturated heterocycles. The van der Waals surface area contributed by atoms with Crippen molar-refractivity contribution in [2.45, 2.75) is 37.9 Å². The van der Waals surface area contributed by atoms with Gasteiger partial charge in [-0.25, -0.2) is 8.42 Å². The maximum Gasteiger partial charge on any atom is 0.262 e. The number of hydrogen-bond acceptors (Lipinski definition) is 4. The van der Waals surface area contributed by atoms with Crippen LogP contribution in [0.5, 0.6) is 0 Å². The van der Waals surface area contributed by atoms with Gasteiger partial charge >= 0.3 is 0 Å². The number of halogens is 1. The van der Waals surface area contributed by atoms with Crippen LogP contribution >= 0.6 is 15.9 Å². The van der Waals surface area contributed by atoms with E-state index in [-0.39, 0.29) is 28.7 Å². The minimum atomic E-state index is -3.85. The summed E-state index contributed by atoms with van der Waals surface area (Å²) in [4.78, 5) is 15.0. The molecule has 1 amide bonds. The van der Waals surface area contributed by atoms with E-state index < -0.39 is 10.0 Å². The summed E-state index contributed by atoms with van der Waals surface area (Å²) in [6.07, 6.45) is -0.137. The third-order valence-electron chi connectivity index (χ3n) is 4.55. The molecule has 2 aromatic rings. The largest absolute Gasteiger partial charge is 0.372 e. The number of carbonyl (C=O) groups is 1. The quantitative estimate of drug-likeness (QED) is 0.742. The Morgan fingerprint density at radius 3 is 2.46 bits per heavy atom. The summed E-state index contributed by atoms with van der Waals surface area (Å²) >= 11 is 3.31. The van der Waals surface area contributed by atoms with Crippen molar-refractivity contribution in [1.29, 1.82) is 0 Å². The Morgan fingerprint density at radius 2 is 1.79 bits per heavy atom. The average Bonchev–Trinajstić information content (AvgIpc) is 2.62. The number of morpholine rings is 1. The summed E-state index contributed by atoms with van der Waals surface area (Å²) < 4.78 is 34.8. The summed E-state index contributed by atoms with van der Waals surface area (Å²) in [5.41, 5.74) is 1.20. The van der Waals surface area contributed by atoms with Crippen LogP contribution < -0.4 is 4.72 Å². The number of hydrogen-bond donors (Lipinski definition) is 1. The molecule has 1 fully saturated rings. The van der Waals surface area contributed by atoms with Crippen LogP contribution in [0.3, 0.4) is 0 Å². The lowest BCUT2D eigenvalue weighted by molar-refractivity contribution is -0.0585. The fourth-order valence-electron chi connectivity index (χ4n) is 3.34. The third kappa shape index (κ3) is 4.56. The van der Waals surface area contributed by atoms with E-state index in [1.807, 2.05) is 13.8 Å². The molecule has 0 radical (unpaired) electrons. The average molecular weight is 467 g/mol. The van der Waals surface area contributed by atoms with Crippen LogP contribution in [-0.4, -0.2) is 44.5 Å². The molecule has 28 heavy (non-hydrogen) atoms. The fourth-order valence-corrected chi connectivity index (χ4v) is 5.20. The van der Waals surface area contributed by atoms with E-state index in [2.05, 4.69) is 20.7 Å². The van der Waals surface area contributed by atoms with Gasteiger partial charge in [-0.15, -0.1) is 0 Å². The van der Waals surface area contributed by atoms with Gasteiger partial charge in [0.25, 0.3) is 15.9 Å². The number of nitrogens with zero attached hydrogens (tertiary/aromatic N) is 1. The zero-order valence-corrected chi connectivity index (χ0v) is 18.4. The van der Waals surface area contributed by atoms with Crippen molar-refractivity contribution in [3.8, 4) is 0 Å². The molecule has 0 aromatic heterocycles. The monoisotopic (exact) mass is 466 g/mol. The van der Waals surface area contributed by atoms with Crippen LogP contribution in [-0.2, 0) is 14.8 Å². The Hall–Kier alpha value is -1.90. The first-order valence-electron chi connectivity index (χ1n) is 9.00. The minimum Gasteiger partial charge on any atom is -0.372 e. The molecule has 0 saturated carbocycles. The normalized spacial score (nSPS) is 20.1. The van der Waals surface area contributed by atoms with Gasteiger partial charge in [0.15, 0.2) is 0 Å². The minimum absolute atomic E-state index is 0.0686. The Balaban J connectivity index is 1.92. The van der Waals surface area contributed by atoms with E-state index in [4.69, 9.17) is 4.74 Å². The van der Waals surface area contributed by atoms with Crippen molar-refractivity contribution in [3.05, 3.63) is 58.1 Å². The first-order chi connectivity index (χ1) is 13.2. The maximum atomic E-state index is 13.1. The van der Waals surface area contributed by atoms with E-state index >= 15 is 0 Å². The molecular weight excluding hydrogens is 444 g/mol. The molecule has 3 rings (SSSR count). The molecule has 1 N–H and O–H groups in total. The Labute approximate surface area is 174 Å². The van der Waals surface area contributed by atoms with Crippen LogP contribution in [0.15, 0.2) is 51.8 Å². The predicted molar refractivity (Wildman–Crippen MR) is 112 cm³/mol. The third-order valence-corrected chi connectivity index (χ3v) is 6.55. The number of para-hydroxylation sites is 1.